The van der Waals surface area contributed by atoms with E-state index in [9.17, 15) is 4.79 Å². The molecule has 0 radical (unpaired) electrons. The van der Waals surface area contributed by atoms with Crippen LogP contribution in [0.4, 0.5) is 4.79 Å². The van der Waals surface area contributed by atoms with Crippen molar-refractivity contribution in [1.82, 2.24) is 19.4 Å². The SMILES string of the molecule is NC(=O)N1Cc2nccn2C[C@H](COCc2cccnc2)C1. The number of ether oxygens (including phenoxy) is 1. The number of urea groups is 1. The number of hydrogen-bond donors (Lipinski definition) is 1. The van der Waals surface area contributed by atoms with E-state index >= 15 is 0 Å². The molecule has 2 aromatic heterocycles. The van der Waals surface area contributed by atoms with Gasteiger partial charge in [-0.15, -0.1) is 0 Å². The molecule has 22 heavy (non-hydrogen) atoms. The van der Waals surface area contributed by atoms with Gasteiger partial charge in [-0.2, -0.15) is 0 Å². The summed E-state index contributed by atoms with van der Waals surface area (Å²) < 4.78 is 7.84. The lowest BCUT2D eigenvalue weighted by Gasteiger charge is -2.22. The van der Waals surface area contributed by atoms with Crippen molar-refractivity contribution in [3.63, 3.8) is 0 Å². The number of aromatic nitrogens is 3. The maximum atomic E-state index is 11.5. The van der Waals surface area contributed by atoms with Crippen LogP contribution in [-0.2, 0) is 24.4 Å². The molecule has 116 valence electrons. The molecule has 2 aromatic rings. The Labute approximate surface area is 128 Å². The van der Waals surface area contributed by atoms with Crippen molar-refractivity contribution < 1.29 is 9.53 Å². The molecule has 0 saturated carbocycles. The summed E-state index contributed by atoms with van der Waals surface area (Å²) in [5.41, 5.74) is 6.48. The molecular formula is C15H19N5O2. The molecule has 3 rings (SSSR count). The number of hydrogen-bond acceptors (Lipinski definition) is 4. The molecule has 0 unspecified atom stereocenters. The Morgan fingerprint density at radius 3 is 3.09 bits per heavy atom. The predicted octanol–water partition coefficient (Wildman–Crippen LogP) is 1.01. The predicted molar refractivity (Wildman–Crippen MR) is 79.6 cm³/mol. The molecule has 0 bridgehead atoms. The molecule has 1 atom stereocenters. The summed E-state index contributed by atoms with van der Waals surface area (Å²) in [7, 11) is 0. The molecule has 7 nitrogen and oxygen atoms in total. The van der Waals surface area contributed by atoms with Crippen LogP contribution in [0.3, 0.4) is 0 Å². The fourth-order valence-corrected chi connectivity index (χ4v) is 2.64. The second-order valence-electron chi connectivity index (χ2n) is 5.46. The van der Waals surface area contributed by atoms with Crippen LogP contribution in [0.5, 0.6) is 0 Å². The molecule has 7 heteroatoms. The normalized spacial score (nSPS) is 17.8. The molecule has 0 fully saturated rings. The number of nitrogens with zero attached hydrogens (tertiary/aromatic N) is 4. The van der Waals surface area contributed by atoms with Gasteiger partial charge in [-0.25, -0.2) is 9.78 Å². The topological polar surface area (TPSA) is 86.3 Å². The number of nitrogens with two attached hydrogens (primary N) is 1. The second kappa shape index (κ2) is 6.57. The van der Waals surface area contributed by atoms with E-state index in [1.807, 2.05) is 18.3 Å². The lowest BCUT2D eigenvalue weighted by Crippen LogP contribution is -2.38. The average Bonchev–Trinajstić information content (AvgIpc) is 2.87. The van der Waals surface area contributed by atoms with Gasteiger partial charge in [-0.05, 0) is 11.6 Å². The minimum absolute atomic E-state index is 0.180. The first-order valence-electron chi connectivity index (χ1n) is 7.23. The van der Waals surface area contributed by atoms with Crippen molar-refractivity contribution in [2.45, 2.75) is 19.7 Å². The van der Waals surface area contributed by atoms with Gasteiger partial charge in [-0.3, -0.25) is 4.98 Å². The quantitative estimate of drug-likeness (QED) is 0.913. The maximum Gasteiger partial charge on any atom is 0.315 e. The first-order chi connectivity index (χ1) is 10.7. The van der Waals surface area contributed by atoms with E-state index in [1.165, 1.54) is 0 Å². The summed E-state index contributed by atoms with van der Waals surface area (Å²) in [5.74, 6) is 1.04. The van der Waals surface area contributed by atoms with Gasteiger partial charge < -0.3 is 19.9 Å². The van der Waals surface area contributed by atoms with Crippen LogP contribution in [0.15, 0.2) is 36.9 Å². The first kappa shape index (κ1) is 14.5. The van der Waals surface area contributed by atoms with Crippen molar-refractivity contribution in [2.75, 3.05) is 13.2 Å². The van der Waals surface area contributed by atoms with Gasteiger partial charge >= 0.3 is 6.03 Å². The highest BCUT2D eigenvalue weighted by Crippen LogP contribution is 2.16. The zero-order valence-corrected chi connectivity index (χ0v) is 12.3. The highest BCUT2D eigenvalue weighted by atomic mass is 16.5. The van der Waals surface area contributed by atoms with Crippen LogP contribution in [0.25, 0.3) is 0 Å². The van der Waals surface area contributed by atoms with Gasteiger partial charge in [0.25, 0.3) is 0 Å². The van der Waals surface area contributed by atoms with Crippen LogP contribution in [-0.4, -0.2) is 38.6 Å². The lowest BCUT2D eigenvalue weighted by molar-refractivity contribution is 0.0724. The highest BCUT2D eigenvalue weighted by Gasteiger charge is 2.24. The second-order valence-corrected chi connectivity index (χ2v) is 5.46. The summed E-state index contributed by atoms with van der Waals surface area (Å²) in [6.45, 7) is 2.85. The fraction of sp³-hybridized carbons (Fsp3) is 0.400. The van der Waals surface area contributed by atoms with Gasteiger partial charge in [0.1, 0.15) is 5.82 Å². The Bertz CT molecular complexity index is 628. The van der Waals surface area contributed by atoms with Crippen LogP contribution in [0, 0.1) is 5.92 Å². The zero-order chi connectivity index (χ0) is 15.4. The minimum atomic E-state index is -0.422. The maximum absolute atomic E-state index is 11.5. The van der Waals surface area contributed by atoms with E-state index in [2.05, 4.69) is 14.5 Å². The van der Waals surface area contributed by atoms with Crippen LogP contribution < -0.4 is 5.73 Å². The summed E-state index contributed by atoms with van der Waals surface area (Å²) in [6, 6.07) is 3.44. The molecule has 0 spiro atoms. The minimum Gasteiger partial charge on any atom is -0.376 e. The van der Waals surface area contributed by atoms with Gasteiger partial charge in [0.2, 0.25) is 0 Å². The largest absolute Gasteiger partial charge is 0.376 e. The highest BCUT2D eigenvalue weighted by molar-refractivity contribution is 5.71. The number of carbonyl (C=O) groups excluding carboxylic acids is 1. The Hall–Kier alpha value is -2.41. The van der Waals surface area contributed by atoms with Crippen molar-refractivity contribution in [2.24, 2.45) is 11.7 Å². The molecule has 3 heterocycles. The van der Waals surface area contributed by atoms with E-state index in [0.717, 1.165) is 17.9 Å². The number of amides is 2. The third-order valence-electron chi connectivity index (χ3n) is 3.72. The number of imidazole rings is 1. The number of primary amides is 1. The van der Waals surface area contributed by atoms with Gasteiger partial charge in [0.15, 0.2) is 0 Å². The van der Waals surface area contributed by atoms with Gasteiger partial charge in [-0.1, -0.05) is 6.07 Å². The smallest absolute Gasteiger partial charge is 0.315 e. The Morgan fingerprint density at radius 1 is 1.41 bits per heavy atom. The van der Waals surface area contributed by atoms with Crippen molar-refractivity contribution in [1.29, 1.82) is 0 Å². The van der Waals surface area contributed by atoms with Crippen LogP contribution >= 0.6 is 0 Å². The summed E-state index contributed by atoms with van der Waals surface area (Å²) >= 11 is 0. The van der Waals surface area contributed by atoms with Gasteiger partial charge in [0.05, 0.1) is 19.8 Å². The molecule has 1 aliphatic heterocycles. The lowest BCUT2D eigenvalue weighted by atomic mass is 10.1. The van der Waals surface area contributed by atoms with E-state index in [-0.39, 0.29) is 5.92 Å². The summed E-state index contributed by atoms with van der Waals surface area (Å²) in [6.07, 6.45) is 7.19. The number of rotatable bonds is 4. The average molecular weight is 301 g/mol. The van der Waals surface area contributed by atoms with Crippen molar-refractivity contribution >= 4 is 6.03 Å². The van der Waals surface area contributed by atoms with E-state index in [0.29, 0.717) is 26.3 Å². The molecular weight excluding hydrogens is 282 g/mol. The Kier molecular flexibility index (Phi) is 4.34. The van der Waals surface area contributed by atoms with Gasteiger partial charge in [0, 0.05) is 43.8 Å². The molecule has 2 amide bonds. The molecule has 0 aliphatic carbocycles. The van der Waals surface area contributed by atoms with Crippen LogP contribution in [0.1, 0.15) is 11.4 Å². The monoisotopic (exact) mass is 301 g/mol. The fourth-order valence-electron chi connectivity index (χ4n) is 2.64. The van der Waals surface area contributed by atoms with Crippen molar-refractivity contribution in [3.8, 4) is 0 Å². The first-order valence-corrected chi connectivity index (χ1v) is 7.23. The van der Waals surface area contributed by atoms with E-state index in [1.54, 1.807) is 23.5 Å². The molecule has 1 aliphatic rings. The third-order valence-corrected chi connectivity index (χ3v) is 3.72. The summed E-state index contributed by atoms with van der Waals surface area (Å²) in [4.78, 5) is 21.5. The number of pyridine rings is 1. The Balaban J connectivity index is 1.61. The summed E-state index contributed by atoms with van der Waals surface area (Å²) in [5, 5.41) is 0. The third kappa shape index (κ3) is 3.43. The number of carbonyl (C=O) groups is 1. The molecule has 0 aromatic carbocycles. The molecule has 0 saturated heterocycles. The van der Waals surface area contributed by atoms with Crippen molar-refractivity contribution in [3.05, 3.63) is 48.3 Å². The van der Waals surface area contributed by atoms with Crippen LogP contribution in [0.2, 0.25) is 0 Å². The Morgan fingerprint density at radius 2 is 2.32 bits per heavy atom. The van der Waals surface area contributed by atoms with E-state index in [4.69, 9.17) is 10.5 Å². The standard InChI is InChI=1S/C15H19N5O2/c16-15(21)20-8-13(7-19-5-4-18-14(19)9-20)11-22-10-12-2-1-3-17-6-12/h1-6,13H,7-11H2,(H2,16,21)/t13-/m0/s1. The zero-order valence-electron chi connectivity index (χ0n) is 12.3. The molecule has 2 N–H and O–H groups in total. The van der Waals surface area contributed by atoms with E-state index < -0.39 is 6.03 Å². The number of fused-ring (bicyclic) bond motifs is 1.